The Bertz CT molecular complexity index is 611. The Morgan fingerprint density at radius 1 is 1.14 bits per heavy atom. The molecule has 2 aromatic rings. The maximum absolute atomic E-state index is 12.1. The van der Waals surface area contributed by atoms with Crippen LogP contribution in [0.25, 0.3) is 0 Å². The van der Waals surface area contributed by atoms with Gasteiger partial charge in [0.1, 0.15) is 5.75 Å². The minimum absolute atomic E-state index is 0.0295. The van der Waals surface area contributed by atoms with Crippen molar-refractivity contribution in [1.82, 2.24) is 0 Å². The molecule has 0 fully saturated rings. The summed E-state index contributed by atoms with van der Waals surface area (Å²) in [5.41, 5.74) is 1.95. The highest BCUT2D eigenvalue weighted by atomic mass is 32.2. The number of benzene rings is 2. The van der Waals surface area contributed by atoms with E-state index in [2.05, 4.69) is 12.2 Å². The van der Waals surface area contributed by atoms with E-state index in [1.807, 2.05) is 55.5 Å². The third-order valence-electron chi connectivity index (χ3n) is 3.01. The first-order valence-corrected chi connectivity index (χ1v) is 8.38. The van der Waals surface area contributed by atoms with Crippen molar-refractivity contribution in [2.45, 2.75) is 25.2 Å². The zero-order chi connectivity index (χ0) is 15.8. The first kappa shape index (κ1) is 16.4. The van der Waals surface area contributed by atoms with Crippen molar-refractivity contribution in [1.29, 1.82) is 0 Å². The maximum Gasteiger partial charge on any atom is 0.234 e. The van der Waals surface area contributed by atoms with Gasteiger partial charge in [0.2, 0.25) is 5.91 Å². The van der Waals surface area contributed by atoms with Crippen LogP contribution in [0.2, 0.25) is 0 Å². The second-order valence-electron chi connectivity index (χ2n) is 4.99. The molecule has 0 aromatic heterocycles. The minimum atomic E-state index is -0.0295. The van der Waals surface area contributed by atoms with Gasteiger partial charge in [0.15, 0.2) is 0 Å². The summed E-state index contributed by atoms with van der Waals surface area (Å²) in [4.78, 5) is 13.2. The number of ether oxygens (including phenoxy) is 1. The van der Waals surface area contributed by atoms with Gasteiger partial charge in [0.25, 0.3) is 0 Å². The Kier molecular flexibility index (Phi) is 6.34. The zero-order valence-corrected chi connectivity index (χ0v) is 13.8. The molecule has 0 aliphatic carbocycles. The molecule has 0 unspecified atom stereocenters. The van der Waals surface area contributed by atoms with Gasteiger partial charge in [0, 0.05) is 4.90 Å². The Balaban J connectivity index is 1.90. The smallest absolute Gasteiger partial charge is 0.234 e. The second kappa shape index (κ2) is 8.49. The number of carbonyl (C=O) groups excluding carboxylic acids is 1. The number of carbonyl (C=O) groups is 1. The van der Waals surface area contributed by atoms with Crippen LogP contribution >= 0.6 is 11.8 Å². The van der Waals surface area contributed by atoms with Gasteiger partial charge < -0.3 is 10.1 Å². The lowest BCUT2D eigenvalue weighted by Crippen LogP contribution is -2.15. The number of para-hydroxylation sites is 2. The summed E-state index contributed by atoms with van der Waals surface area (Å²) >= 11 is 1.53. The SMILES string of the molecule is CCCOc1ccccc1NC(=O)CSc1ccc(C)cc1. The van der Waals surface area contributed by atoms with Gasteiger partial charge in [-0.1, -0.05) is 36.8 Å². The molecule has 0 saturated carbocycles. The molecule has 0 bridgehead atoms. The topological polar surface area (TPSA) is 38.3 Å². The molecular formula is C18H21NO2S. The Morgan fingerprint density at radius 3 is 2.59 bits per heavy atom. The Morgan fingerprint density at radius 2 is 1.86 bits per heavy atom. The van der Waals surface area contributed by atoms with Crippen LogP contribution in [0.1, 0.15) is 18.9 Å². The molecule has 0 atom stereocenters. The molecule has 1 amide bonds. The summed E-state index contributed by atoms with van der Waals surface area (Å²) in [6, 6.07) is 15.7. The van der Waals surface area contributed by atoms with Gasteiger partial charge in [0.05, 0.1) is 18.0 Å². The number of anilines is 1. The third-order valence-corrected chi connectivity index (χ3v) is 4.03. The second-order valence-corrected chi connectivity index (χ2v) is 6.04. The number of amides is 1. The third kappa shape index (κ3) is 5.11. The fourth-order valence-corrected chi connectivity index (χ4v) is 2.58. The van der Waals surface area contributed by atoms with E-state index in [9.17, 15) is 4.79 Å². The van der Waals surface area contributed by atoms with Gasteiger partial charge in [-0.3, -0.25) is 4.79 Å². The highest BCUT2D eigenvalue weighted by Crippen LogP contribution is 2.25. The predicted octanol–water partition coefficient (Wildman–Crippen LogP) is 4.51. The molecule has 2 aromatic carbocycles. The van der Waals surface area contributed by atoms with E-state index in [1.54, 1.807) is 0 Å². The summed E-state index contributed by atoms with van der Waals surface area (Å²) in [5, 5.41) is 2.92. The number of thioether (sulfide) groups is 1. The average molecular weight is 315 g/mol. The number of nitrogens with one attached hydrogen (secondary N) is 1. The molecule has 0 aliphatic rings. The highest BCUT2D eigenvalue weighted by Gasteiger charge is 2.08. The molecule has 116 valence electrons. The molecule has 0 heterocycles. The molecule has 2 rings (SSSR count). The molecule has 22 heavy (non-hydrogen) atoms. The van der Waals surface area contributed by atoms with E-state index >= 15 is 0 Å². The minimum Gasteiger partial charge on any atom is -0.491 e. The number of rotatable bonds is 7. The molecule has 0 radical (unpaired) electrons. The van der Waals surface area contributed by atoms with Crippen molar-refractivity contribution in [3.8, 4) is 5.75 Å². The first-order chi connectivity index (χ1) is 10.7. The van der Waals surface area contributed by atoms with Crippen LogP contribution in [0.3, 0.4) is 0 Å². The van der Waals surface area contributed by atoms with E-state index < -0.39 is 0 Å². The van der Waals surface area contributed by atoms with Crippen LogP contribution in [-0.4, -0.2) is 18.3 Å². The number of hydrogen-bond acceptors (Lipinski definition) is 3. The summed E-state index contributed by atoms with van der Waals surface area (Å²) in [6.45, 7) is 4.75. The van der Waals surface area contributed by atoms with Gasteiger partial charge in [-0.25, -0.2) is 0 Å². The van der Waals surface area contributed by atoms with Gasteiger partial charge >= 0.3 is 0 Å². The molecule has 0 spiro atoms. The van der Waals surface area contributed by atoms with Crippen LogP contribution in [0.4, 0.5) is 5.69 Å². The monoisotopic (exact) mass is 315 g/mol. The summed E-state index contributed by atoms with van der Waals surface area (Å²) in [7, 11) is 0. The average Bonchev–Trinajstić information content (AvgIpc) is 2.53. The predicted molar refractivity (Wildman–Crippen MR) is 92.8 cm³/mol. The van der Waals surface area contributed by atoms with E-state index in [-0.39, 0.29) is 5.91 Å². The van der Waals surface area contributed by atoms with Crippen LogP contribution in [0, 0.1) is 6.92 Å². The summed E-state index contributed by atoms with van der Waals surface area (Å²) < 4.78 is 5.64. The van der Waals surface area contributed by atoms with Crippen LogP contribution in [0.5, 0.6) is 5.75 Å². The van der Waals surface area contributed by atoms with E-state index in [1.165, 1.54) is 17.3 Å². The molecule has 4 heteroatoms. The fourth-order valence-electron chi connectivity index (χ4n) is 1.88. The Hall–Kier alpha value is -1.94. The van der Waals surface area contributed by atoms with E-state index in [0.717, 1.165) is 22.8 Å². The van der Waals surface area contributed by atoms with E-state index in [0.29, 0.717) is 12.4 Å². The normalized spacial score (nSPS) is 10.3. The Labute approximate surface area is 136 Å². The molecule has 3 nitrogen and oxygen atoms in total. The van der Waals surface area contributed by atoms with Crippen molar-refractivity contribution >= 4 is 23.4 Å². The number of aryl methyl sites for hydroxylation is 1. The summed E-state index contributed by atoms with van der Waals surface area (Å²) in [5.74, 6) is 1.07. The first-order valence-electron chi connectivity index (χ1n) is 7.40. The molecule has 0 aliphatic heterocycles. The standard InChI is InChI=1S/C18H21NO2S/c1-3-12-21-17-7-5-4-6-16(17)19-18(20)13-22-15-10-8-14(2)9-11-15/h4-11H,3,12-13H2,1-2H3,(H,19,20). The fraction of sp³-hybridized carbons (Fsp3) is 0.278. The largest absolute Gasteiger partial charge is 0.491 e. The molecule has 1 N–H and O–H groups in total. The van der Waals surface area contributed by atoms with Crippen LogP contribution < -0.4 is 10.1 Å². The lowest BCUT2D eigenvalue weighted by Gasteiger charge is -2.11. The lowest BCUT2D eigenvalue weighted by atomic mass is 10.2. The summed E-state index contributed by atoms with van der Waals surface area (Å²) in [6.07, 6.45) is 0.936. The molecular weight excluding hydrogens is 294 g/mol. The molecule has 0 saturated heterocycles. The van der Waals surface area contributed by atoms with Crippen molar-refractivity contribution in [3.05, 3.63) is 54.1 Å². The van der Waals surface area contributed by atoms with Crippen molar-refractivity contribution in [2.24, 2.45) is 0 Å². The van der Waals surface area contributed by atoms with Crippen molar-refractivity contribution in [3.63, 3.8) is 0 Å². The number of hydrogen-bond donors (Lipinski definition) is 1. The lowest BCUT2D eigenvalue weighted by molar-refractivity contribution is -0.113. The zero-order valence-electron chi connectivity index (χ0n) is 13.0. The van der Waals surface area contributed by atoms with Crippen LogP contribution in [0.15, 0.2) is 53.4 Å². The van der Waals surface area contributed by atoms with Crippen molar-refractivity contribution < 1.29 is 9.53 Å². The van der Waals surface area contributed by atoms with Gasteiger partial charge in [-0.2, -0.15) is 0 Å². The van der Waals surface area contributed by atoms with Crippen LogP contribution in [-0.2, 0) is 4.79 Å². The van der Waals surface area contributed by atoms with E-state index in [4.69, 9.17) is 4.74 Å². The highest BCUT2D eigenvalue weighted by molar-refractivity contribution is 8.00. The van der Waals surface area contributed by atoms with Gasteiger partial charge in [-0.15, -0.1) is 11.8 Å². The quantitative estimate of drug-likeness (QED) is 0.764. The maximum atomic E-state index is 12.1. The van der Waals surface area contributed by atoms with Crippen molar-refractivity contribution in [2.75, 3.05) is 17.7 Å². The van der Waals surface area contributed by atoms with Gasteiger partial charge in [-0.05, 0) is 37.6 Å².